The number of guanidine groups is 1. The van der Waals surface area contributed by atoms with Crippen molar-refractivity contribution in [2.75, 3.05) is 33.9 Å². The molecular weight excluding hydrogens is 347 g/mol. The normalized spacial score (nSPS) is 17.3. The maximum absolute atomic E-state index is 12.3. The molecule has 1 fully saturated rings. The van der Waals surface area contributed by atoms with Gasteiger partial charge in [0.2, 0.25) is 0 Å². The molecular formula is C18H26F3N3O2. The van der Waals surface area contributed by atoms with Crippen LogP contribution in [0.1, 0.15) is 25.8 Å². The molecule has 0 spiro atoms. The van der Waals surface area contributed by atoms with Crippen molar-refractivity contribution in [1.29, 1.82) is 0 Å². The molecule has 0 saturated carbocycles. The quantitative estimate of drug-likeness (QED) is 0.634. The van der Waals surface area contributed by atoms with E-state index in [9.17, 15) is 13.2 Å². The highest BCUT2D eigenvalue weighted by atomic mass is 19.4. The Morgan fingerprint density at radius 3 is 2.58 bits per heavy atom. The minimum Gasteiger partial charge on any atom is -0.493 e. The highest BCUT2D eigenvalue weighted by Crippen LogP contribution is 2.30. The molecule has 1 heterocycles. The number of hydrogen-bond donors (Lipinski definition) is 1. The van der Waals surface area contributed by atoms with Crippen molar-refractivity contribution >= 4 is 5.96 Å². The summed E-state index contributed by atoms with van der Waals surface area (Å²) < 4.78 is 46.9. The average molecular weight is 373 g/mol. The van der Waals surface area contributed by atoms with Crippen molar-refractivity contribution < 1.29 is 22.6 Å². The van der Waals surface area contributed by atoms with Gasteiger partial charge in [0, 0.05) is 26.7 Å². The summed E-state index contributed by atoms with van der Waals surface area (Å²) in [6.45, 7) is 5.47. The number of ether oxygens (including phenoxy) is 2. The van der Waals surface area contributed by atoms with Crippen LogP contribution in [0.25, 0.3) is 0 Å². The highest BCUT2D eigenvalue weighted by Gasteiger charge is 2.31. The largest absolute Gasteiger partial charge is 0.493 e. The van der Waals surface area contributed by atoms with Crippen LogP contribution in [0.5, 0.6) is 11.5 Å². The number of alkyl halides is 3. The molecule has 0 bridgehead atoms. The summed E-state index contributed by atoms with van der Waals surface area (Å²) in [7, 11) is 3.14. The van der Waals surface area contributed by atoms with E-state index in [-0.39, 0.29) is 16.9 Å². The molecule has 0 aliphatic carbocycles. The van der Waals surface area contributed by atoms with Gasteiger partial charge in [-0.05, 0) is 29.5 Å². The van der Waals surface area contributed by atoms with Crippen LogP contribution in [0, 0.1) is 5.41 Å². The zero-order valence-electron chi connectivity index (χ0n) is 15.6. The van der Waals surface area contributed by atoms with Crippen LogP contribution < -0.4 is 14.8 Å². The first-order chi connectivity index (χ1) is 12.1. The molecule has 146 valence electrons. The standard InChI is InChI=1S/C18H26F3N3O2/c1-17(2)7-8-24(11-17)16(22-3)23-10-13-5-6-14(15(9-13)25-4)26-12-18(19,20)21/h5-6,9H,7-8,10-12H2,1-4H3,(H,22,23). The van der Waals surface area contributed by atoms with E-state index < -0.39 is 12.8 Å². The molecule has 1 saturated heterocycles. The number of nitrogens with one attached hydrogen (secondary N) is 1. The van der Waals surface area contributed by atoms with E-state index >= 15 is 0 Å². The highest BCUT2D eigenvalue weighted by molar-refractivity contribution is 5.80. The van der Waals surface area contributed by atoms with Crippen LogP contribution in [-0.4, -0.2) is 50.9 Å². The fraction of sp³-hybridized carbons (Fsp3) is 0.611. The van der Waals surface area contributed by atoms with Crippen molar-refractivity contribution in [1.82, 2.24) is 10.2 Å². The summed E-state index contributed by atoms with van der Waals surface area (Å²) in [5, 5.41) is 3.29. The van der Waals surface area contributed by atoms with E-state index in [1.165, 1.54) is 13.2 Å². The molecule has 0 radical (unpaired) electrons. The summed E-state index contributed by atoms with van der Waals surface area (Å²) in [5.74, 6) is 1.15. The molecule has 0 amide bonds. The van der Waals surface area contributed by atoms with E-state index in [1.54, 1.807) is 19.2 Å². The fourth-order valence-electron chi connectivity index (χ4n) is 2.91. The van der Waals surface area contributed by atoms with Gasteiger partial charge in [0.05, 0.1) is 7.11 Å². The predicted molar refractivity (Wildman–Crippen MR) is 94.7 cm³/mol. The van der Waals surface area contributed by atoms with Crippen LogP contribution in [0.4, 0.5) is 13.2 Å². The zero-order chi connectivity index (χ0) is 19.4. The Bertz CT molecular complexity index is 645. The predicted octanol–water partition coefficient (Wildman–Crippen LogP) is 3.44. The topological polar surface area (TPSA) is 46.1 Å². The van der Waals surface area contributed by atoms with E-state index in [1.807, 2.05) is 0 Å². The number of likely N-dealkylation sites (tertiary alicyclic amines) is 1. The summed E-state index contributed by atoms with van der Waals surface area (Å²) in [6.07, 6.45) is -3.28. The maximum Gasteiger partial charge on any atom is 0.422 e. The molecule has 1 aliphatic rings. The number of hydrogen-bond acceptors (Lipinski definition) is 3. The molecule has 5 nitrogen and oxygen atoms in total. The van der Waals surface area contributed by atoms with Gasteiger partial charge in [-0.1, -0.05) is 19.9 Å². The van der Waals surface area contributed by atoms with Gasteiger partial charge in [0.1, 0.15) is 0 Å². The van der Waals surface area contributed by atoms with Gasteiger partial charge in [-0.2, -0.15) is 13.2 Å². The monoisotopic (exact) mass is 373 g/mol. The summed E-state index contributed by atoms with van der Waals surface area (Å²) >= 11 is 0. The molecule has 8 heteroatoms. The minimum absolute atomic E-state index is 0.0687. The molecule has 0 unspecified atom stereocenters. The number of benzene rings is 1. The molecule has 0 atom stereocenters. The second-order valence-electron chi connectivity index (χ2n) is 7.13. The summed E-state index contributed by atoms with van der Waals surface area (Å²) in [6, 6.07) is 4.87. The maximum atomic E-state index is 12.3. The third-order valence-electron chi connectivity index (χ3n) is 4.26. The van der Waals surface area contributed by atoms with Gasteiger partial charge >= 0.3 is 6.18 Å². The van der Waals surface area contributed by atoms with Crippen molar-refractivity contribution in [2.24, 2.45) is 10.4 Å². The number of methoxy groups -OCH3 is 1. The number of nitrogens with zero attached hydrogens (tertiary/aromatic N) is 2. The van der Waals surface area contributed by atoms with Crippen LogP contribution >= 0.6 is 0 Å². The third-order valence-corrected chi connectivity index (χ3v) is 4.26. The molecule has 1 aliphatic heterocycles. The first kappa shape index (κ1) is 20.2. The number of halogens is 3. The Morgan fingerprint density at radius 1 is 1.31 bits per heavy atom. The molecule has 26 heavy (non-hydrogen) atoms. The van der Waals surface area contributed by atoms with E-state index in [4.69, 9.17) is 9.47 Å². The van der Waals surface area contributed by atoms with Gasteiger partial charge in [0.15, 0.2) is 24.1 Å². The van der Waals surface area contributed by atoms with Gasteiger partial charge in [0.25, 0.3) is 0 Å². The number of aliphatic imine (C=N–C) groups is 1. The van der Waals surface area contributed by atoms with E-state index in [2.05, 4.69) is 29.1 Å². The van der Waals surface area contributed by atoms with E-state index in [0.29, 0.717) is 6.54 Å². The Balaban J connectivity index is 1.99. The van der Waals surface area contributed by atoms with E-state index in [0.717, 1.165) is 31.0 Å². The van der Waals surface area contributed by atoms with Crippen molar-refractivity contribution in [3.05, 3.63) is 23.8 Å². The molecule has 1 aromatic carbocycles. The Hall–Kier alpha value is -2.12. The molecule has 1 aromatic rings. The second-order valence-corrected chi connectivity index (χ2v) is 7.13. The number of rotatable bonds is 5. The van der Waals surface area contributed by atoms with Gasteiger partial charge in [-0.3, -0.25) is 4.99 Å². The molecule has 0 aromatic heterocycles. The third kappa shape index (κ3) is 5.71. The smallest absolute Gasteiger partial charge is 0.422 e. The lowest BCUT2D eigenvalue weighted by Gasteiger charge is -2.24. The second kappa shape index (κ2) is 8.05. The summed E-state index contributed by atoms with van der Waals surface area (Å²) in [4.78, 5) is 6.52. The average Bonchev–Trinajstić information content (AvgIpc) is 2.93. The molecule has 2 rings (SSSR count). The van der Waals surface area contributed by atoms with Crippen molar-refractivity contribution in [2.45, 2.75) is 33.0 Å². The van der Waals surface area contributed by atoms with Gasteiger partial charge in [-0.15, -0.1) is 0 Å². The Labute approximate surface area is 152 Å². The Morgan fingerprint density at radius 2 is 2.04 bits per heavy atom. The fourth-order valence-corrected chi connectivity index (χ4v) is 2.91. The zero-order valence-corrected chi connectivity index (χ0v) is 15.6. The molecule has 1 N–H and O–H groups in total. The van der Waals surface area contributed by atoms with Crippen LogP contribution in [0.15, 0.2) is 23.2 Å². The summed E-state index contributed by atoms with van der Waals surface area (Å²) in [5.41, 5.74) is 1.12. The van der Waals surface area contributed by atoms with Crippen molar-refractivity contribution in [3.63, 3.8) is 0 Å². The lowest BCUT2D eigenvalue weighted by Crippen LogP contribution is -2.40. The first-order valence-electron chi connectivity index (χ1n) is 8.45. The van der Waals surface area contributed by atoms with Gasteiger partial charge < -0.3 is 19.7 Å². The Kier molecular flexibility index (Phi) is 6.26. The first-order valence-corrected chi connectivity index (χ1v) is 8.45. The van der Waals surface area contributed by atoms with Gasteiger partial charge in [-0.25, -0.2) is 0 Å². The lowest BCUT2D eigenvalue weighted by molar-refractivity contribution is -0.153. The lowest BCUT2D eigenvalue weighted by atomic mass is 9.93. The van der Waals surface area contributed by atoms with Crippen LogP contribution in [0.2, 0.25) is 0 Å². The van der Waals surface area contributed by atoms with Crippen molar-refractivity contribution in [3.8, 4) is 11.5 Å². The minimum atomic E-state index is -4.39. The SMILES string of the molecule is CN=C(NCc1ccc(OCC(F)(F)F)c(OC)c1)N1CCC(C)(C)C1. The van der Waals surface area contributed by atoms with Crippen LogP contribution in [-0.2, 0) is 6.54 Å². The van der Waals surface area contributed by atoms with Crippen LogP contribution in [0.3, 0.4) is 0 Å².